The molecule has 1 heterocycles. The zero-order valence-electron chi connectivity index (χ0n) is 14.6. The summed E-state index contributed by atoms with van der Waals surface area (Å²) in [7, 11) is 3.21. The fraction of sp³-hybridized carbons (Fsp3) is 0.350. The van der Waals surface area contributed by atoms with Crippen molar-refractivity contribution in [2.24, 2.45) is 0 Å². The third-order valence-corrected chi connectivity index (χ3v) is 4.33. The summed E-state index contributed by atoms with van der Waals surface area (Å²) in [5.41, 5.74) is 3.36. The van der Waals surface area contributed by atoms with Crippen LogP contribution < -0.4 is 19.5 Å². The first kappa shape index (κ1) is 17.1. The summed E-state index contributed by atoms with van der Waals surface area (Å²) in [5, 5.41) is 2.98. The van der Waals surface area contributed by atoms with E-state index in [1.165, 1.54) is 5.56 Å². The molecule has 0 bridgehead atoms. The van der Waals surface area contributed by atoms with Crippen LogP contribution in [0.1, 0.15) is 23.1 Å². The Labute approximate surface area is 147 Å². The average molecular weight is 341 g/mol. The molecule has 0 saturated heterocycles. The second kappa shape index (κ2) is 7.92. The van der Waals surface area contributed by atoms with Crippen molar-refractivity contribution in [2.75, 3.05) is 20.8 Å². The topological polar surface area (TPSA) is 56.8 Å². The fourth-order valence-electron chi connectivity index (χ4n) is 2.93. The van der Waals surface area contributed by atoms with Gasteiger partial charge in [-0.2, -0.15) is 0 Å². The molecule has 2 aromatic rings. The van der Waals surface area contributed by atoms with Gasteiger partial charge in [0.05, 0.1) is 20.8 Å². The van der Waals surface area contributed by atoms with E-state index in [4.69, 9.17) is 14.2 Å². The Kier molecular flexibility index (Phi) is 5.43. The van der Waals surface area contributed by atoms with Crippen molar-refractivity contribution in [1.82, 2.24) is 5.32 Å². The van der Waals surface area contributed by atoms with Crippen molar-refractivity contribution in [3.05, 3.63) is 53.1 Å². The Bertz CT molecular complexity index is 757. The van der Waals surface area contributed by atoms with E-state index in [9.17, 15) is 4.79 Å². The molecule has 0 spiro atoms. The number of ether oxygens (including phenoxy) is 3. The van der Waals surface area contributed by atoms with Crippen molar-refractivity contribution in [3.63, 3.8) is 0 Å². The Morgan fingerprint density at radius 2 is 1.88 bits per heavy atom. The van der Waals surface area contributed by atoms with Gasteiger partial charge in [0, 0.05) is 19.4 Å². The number of carbonyl (C=O) groups is 1. The van der Waals surface area contributed by atoms with Gasteiger partial charge in [0.2, 0.25) is 5.91 Å². The summed E-state index contributed by atoms with van der Waals surface area (Å²) in [6.45, 7) is 1.29. The number of fused-ring (bicyclic) bond motifs is 1. The lowest BCUT2D eigenvalue weighted by molar-refractivity contribution is -0.121. The first-order valence-corrected chi connectivity index (χ1v) is 8.42. The smallest absolute Gasteiger partial charge is 0.220 e. The van der Waals surface area contributed by atoms with Crippen LogP contribution in [0.25, 0.3) is 0 Å². The molecule has 1 aliphatic heterocycles. The van der Waals surface area contributed by atoms with Crippen molar-refractivity contribution in [2.45, 2.75) is 25.8 Å². The van der Waals surface area contributed by atoms with Crippen LogP contribution in [0.3, 0.4) is 0 Å². The summed E-state index contributed by atoms with van der Waals surface area (Å²) in [5.74, 6) is 2.37. The van der Waals surface area contributed by atoms with Crippen LogP contribution >= 0.6 is 0 Å². The van der Waals surface area contributed by atoms with Gasteiger partial charge >= 0.3 is 0 Å². The Morgan fingerprint density at radius 3 is 2.68 bits per heavy atom. The zero-order valence-corrected chi connectivity index (χ0v) is 14.6. The number of hydrogen-bond donors (Lipinski definition) is 1. The maximum atomic E-state index is 12.1. The van der Waals surface area contributed by atoms with Crippen molar-refractivity contribution >= 4 is 5.91 Å². The number of benzene rings is 2. The standard InChI is InChI=1S/C20H23NO4/c1-23-18-7-3-14(12-19(18)24-2)5-8-20(22)21-13-15-4-6-17-16(11-15)9-10-25-17/h3-4,6-7,11-12H,5,8-10,13H2,1-2H3,(H,21,22). The van der Waals surface area contributed by atoms with Gasteiger partial charge in [0.15, 0.2) is 11.5 Å². The minimum atomic E-state index is 0.0338. The molecular weight excluding hydrogens is 318 g/mol. The van der Waals surface area contributed by atoms with Crippen molar-refractivity contribution in [3.8, 4) is 17.2 Å². The van der Waals surface area contributed by atoms with Crippen molar-refractivity contribution in [1.29, 1.82) is 0 Å². The molecule has 0 saturated carbocycles. The van der Waals surface area contributed by atoms with E-state index in [-0.39, 0.29) is 5.91 Å². The van der Waals surface area contributed by atoms with E-state index in [0.717, 1.165) is 29.9 Å². The van der Waals surface area contributed by atoms with Crippen LogP contribution in [-0.4, -0.2) is 26.7 Å². The summed E-state index contributed by atoms with van der Waals surface area (Å²) < 4.78 is 16.0. The molecule has 25 heavy (non-hydrogen) atoms. The highest BCUT2D eigenvalue weighted by Gasteiger charge is 2.12. The van der Waals surface area contributed by atoms with Crippen LogP contribution in [0.4, 0.5) is 0 Å². The van der Waals surface area contributed by atoms with Crippen LogP contribution in [0.15, 0.2) is 36.4 Å². The monoisotopic (exact) mass is 341 g/mol. The van der Waals surface area contributed by atoms with Crippen LogP contribution in [0.5, 0.6) is 17.2 Å². The number of amides is 1. The number of hydrogen-bond acceptors (Lipinski definition) is 4. The summed E-state index contributed by atoms with van der Waals surface area (Å²) >= 11 is 0. The van der Waals surface area contributed by atoms with E-state index in [1.807, 2.05) is 30.3 Å². The van der Waals surface area contributed by atoms with Gasteiger partial charge in [-0.1, -0.05) is 18.2 Å². The quantitative estimate of drug-likeness (QED) is 0.841. The highest BCUT2D eigenvalue weighted by Crippen LogP contribution is 2.28. The largest absolute Gasteiger partial charge is 0.493 e. The second-order valence-corrected chi connectivity index (χ2v) is 6.01. The van der Waals surface area contributed by atoms with Gasteiger partial charge < -0.3 is 19.5 Å². The molecule has 0 fully saturated rings. The molecule has 3 rings (SSSR count). The molecule has 2 aromatic carbocycles. The number of rotatable bonds is 7. The lowest BCUT2D eigenvalue weighted by atomic mass is 10.1. The molecule has 0 aliphatic carbocycles. The fourth-order valence-corrected chi connectivity index (χ4v) is 2.93. The molecular formula is C20H23NO4. The van der Waals surface area contributed by atoms with Crippen LogP contribution in [0, 0.1) is 0 Å². The predicted molar refractivity (Wildman–Crippen MR) is 95.4 cm³/mol. The molecule has 0 atom stereocenters. The molecule has 5 heteroatoms. The first-order chi connectivity index (χ1) is 12.2. The number of methoxy groups -OCH3 is 2. The summed E-state index contributed by atoms with van der Waals surface area (Å²) in [4.78, 5) is 12.1. The number of carbonyl (C=O) groups excluding carboxylic acids is 1. The lowest BCUT2D eigenvalue weighted by Crippen LogP contribution is -2.23. The lowest BCUT2D eigenvalue weighted by Gasteiger charge is -2.10. The second-order valence-electron chi connectivity index (χ2n) is 6.01. The van der Waals surface area contributed by atoms with E-state index in [1.54, 1.807) is 14.2 Å². The first-order valence-electron chi connectivity index (χ1n) is 8.42. The minimum Gasteiger partial charge on any atom is -0.493 e. The number of nitrogens with one attached hydrogen (secondary N) is 1. The van der Waals surface area contributed by atoms with Gasteiger partial charge in [-0.05, 0) is 41.3 Å². The van der Waals surface area contributed by atoms with E-state index >= 15 is 0 Å². The molecule has 1 aliphatic rings. The third-order valence-electron chi connectivity index (χ3n) is 4.33. The molecule has 1 N–H and O–H groups in total. The van der Waals surface area contributed by atoms with E-state index in [0.29, 0.717) is 30.9 Å². The third kappa shape index (κ3) is 4.24. The Morgan fingerprint density at radius 1 is 1.08 bits per heavy atom. The van der Waals surface area contributed by atoms with E-state index in [2.05, 4.69) is 11.4 Å². The molecule has 132 valence electrons. The highest BCUT2D eigenvalue weighted by molar-refractivity contribution is 5.76. The Balaban J connectivity index is 1.50. The average Bonchev–Trinajstić information content (AvgIpc) is 3.12. The molecule has 0 unspecified atom stereocenters. The summed E-state index contributed by atoms with van der Waals surface area (Å²) in [6.07, 6.45) is 2.03. The van der Waals surface area contributed by atoms with Crippen molar-refractivity contribution < 1.29 is 19.0 Å². The van der Waals surface area contributed by atoms with Gasteiger partial charge in [-0.15, -0.1) is 0 Å². The SMILES string of the molecule is COc1ccc(CCC(=O)NCc2ccc3c(c2)CCO3)cc1OC. The maximum Gasteiger partial charge on any atom is 0.220 e. The maximum absolute atomic E-state index is 12.1. The predicted octanol–water partition coefficient (Wildman–Crippen LogP) is 2.89. The van der Waals surface area contributed by atoms with Crippen LogP contribution in [0.2, 0.25) is 0 Å². The molecule has 1 amide bonds. The highest BCUT2D eigenvalue weighted by atomic mass is 16.5. The van der Waals surface area contributed by atoms with Crippen LogP contribution in [-0.2, 0) is 24.2 Å². The van der Waals surface area contributed by atoms with Gasteiger partial charge in [0.25, 0.3) is 0 Å². The van der Waals surface area contributed by atoms with E-state index < -0.39 is 0 Å². The molecule has 5 nitrogen and oxygen atoms in total. The molecule has 0 radical (unpaired) electrons. The van der Waals surface area contributed by atoms with Gasteiger partial charge in [-0.25, -0.2) is 0 Å². The summed E-state index contributed by atoms with van der Waals surface area (Å²) in [6, 6.07) is 11.8. The molecule has 0 aromatic heterocycles. The van der Waals surface area contributed by atoms with Gasteiger partial charge in [0.1, 0.15) is 5.75 Å². The minimum absolute atomic E-state index is 0.0338. The normalized spacial score (nSPS) is 12.2. The zero-order chi connectivity index (χ0) is 17.6. The van der Waals surface area contributed by atoms with Gasteiger partial charge in [-0.3, -0.25) is 4.79 Å². The number of aryl methyl sites for hydroxylation is 1. The Hall–Kier alpha value is -2.69.